The van der Waals surface area contributed by atoms with Crippen LogP contribution in [0.5, 0.6) is 5.88 Å². The summed E-state index contributed by atoms with van der Waals surface area (Å²) in [6, 6.07) is 10.8. The normalized spacial score (nSPS) is 10.0. The summed E-state index contributed by atoms with van der Waals surface area (Å²) in [5.74, 6) is 0.0852. The first-order valence-electron chi connectivity index (χ1n) is 8.03. The molecule has 0 bridgehead atoms. The Balaban J connectivity index is 1.76. The van der Waals surface area contributed by atoms with Gasteiger partial charge >= 0.3 is 6.03 Å². The van der Waals surface area contributed by atoms with E-state index in [0.29, 0.717) is 24.7 Å². The Morgan fingerprint density at radius 1 is 1.12 bits per heavy atom. The third-order valence-corrected chi connectivity index (χ3v) is 3.42. The van der Waals surface area contributed by atoms with E-state index >= 15 is 0 Å². The first-order valence-corrected chi connectivity index (χ1v) is 8.03. The van der Waals surface area contributed by atoms with Gasteiger partial charge in [-0.3, -0.25) is 4.79 Å². The number of ether oxygens (including phenoxy) is 1. The second-order valence-corrected chi connectivity index (χ2v) is 5.36. The van der Waals surface area contributed by atoms with Gasteiger partial charge in [0.2, 0.25) is 5.88 Å². The highest BCUT2D eigenvalue weighted by atomic mass is 16.5. The maximum atomic E-state index is 11.9. The minimum atomic E-state index is -0.298. The number of carbonyl (C=O) groups is 2. The van der Waals surface area contributed by atoms with Gasteiger partial charge < -0.3 is 20.7 Å². The lowest BCUT2D eigenvalue weighted by molar-refractivity contribution is -0.123. The Bertz CT molecular complexity index is 717. The highest BCUT2D eigenvalue weighted by Crippen LogP contribution is 2.11. The number of nitrogens with zero attached hydrogens (tertiary/aromatic N) is 1. The lowest BCUT2D eigenvalue weighted by Gasteiger charge is -2.09. The molecule has 1 aromatic carbocycles. The number of hydrogen-bond donors (Lipinski definition) is 3. The molecule has 0 saturated heterocycles. The smallest absolute Gasteiger partial charge is 0.319 e. The number of pyridine rings is 1. The van der Waals surface area contributed by atoms with Gasteiger partial charge in [0.15, 0.2) is 6.61 Å². The SMILES string of the molecule is CCNC(=O)Nc1ccc(OCC(=O)NCc2ccccc2C)nc1. The van der Waals surface area contributed by atoms with Crippen LogP contribution in [0.25, 0.3) is 0 Å². The van der Waals surface area contributed by atoms with Crippen LogP contribution in [0.3, 0.4) is 0 Å². The number of benzene rings is 1. The molecular formula is C18H22N4O3. The molecule has 7 nitrogen and oxygen atoms in total. The zero-order valence-electron chi connectivity index (χ0n) is 14.3. The van der Waals surface area contributed by atoms with Crippen LogP contribution in [0.4, 0.5) is 10.5 Å². The molecule has 132 valence electrons. The topological polar surface area (TPSA) is 92.4 Å². The van der Waals surface area contributed by atoms with Crippen molar-refractivity contribution >= 4 is 17.6 Å². The van der Waals surface area contributed by atoms with Crippen LogP contribution in [0.1, 0.15) is 18.1 Å². The Labute approximate surface area is 146 Å². The highest BCUT2D eigenvalue weighted by molar-refractivity contribution is 5.88. The minimum Gasteiger partial charge on any atom is -0.468 e. The summed E-state index contributed by atoms with van der Waals surface area (Å²) in [5, 5.41) is 8.05. The number of hydrogen-bond acceptors (Lipinski definition) is 4. The molecule has 0 aliphatic heterocycles. The molecule has 2 aromatic rings. The van der Waals surface area contributed by atoms with Crippen molar-refractivity contribution in [3.63, 3.8) is 0 Å². The van der Waals surface area contributed by atoms with Crippen LogP contribution in [0.2, 0.25) is 0 Å². The minimum absolute atomic E-state index is 0.123. The summed E-state index contributed by atoms with van der Waals surface area (Å²) in [5.41, 5.74) is 2.73. The average molecular weight is 342 g/mol. The number of urea groups is 1. The highest BCUT2D eigenvalue weighted by Gasteiger charge is 2.06. The van der Waals surface area contributed by atoms with E-state index in [1.807, 2.05) is 38.1 Å². The van der Waals surface area contributed by atoms with E-state index in [2.05, 4.69) is 20.9 Å². The third-order valence-electron chi connectivity index (χ3n) is 3.42. The lowest BCUT2D eigenvalue weighted by Crippen LogP contribution is -2.29. The van der Waals surface area contributed by atoms with Crippen molar-refractivity contribution in [2.75, 3.05) is 18.5 Å². The van der Waals surface area contributed by atoms with Gasteiger partial charge in [-0.15, -0.1) is 0 Å². The standard InChI is InChI=1S/C18H22N4O3/c1-3-19-18(24)22-15-8-9-17(21-11-15)25-12-16(23)20-10-14-7-5-4-6-13(14)2/h4-9,11H,3,10,12H2,1-2H3,(H,20,23)(H2,19,22,24). The van der Waals surface area contributed by atoms with Gasteiger partial charge in [0.1, 0.15) is 0 Å². The maximum Gasteiger partial charge on any atom is 0.319 e. The molecule has 3 N–H and O–H groups in total. The summed E-state index contributed by atoms with van der Waals surface area (Å²) in [6.07, 6.45) is 1.47. The van der Waals surface area contributed by atoms with Gasteiger partial charge in [-0.1, -0.05) is 24.3 Å². The second-order valence-electron chi connectivity index (χ2n) is 5.36. The summed E-state index contributed by atoms with van der Waals surface area (Å²) in [6.45, 7) is 4.70. The molecule has 0 saturated carbocycles. The molecule has 0 aliphatic carbocycles. The zero-order chi connectivity index (χ0) is 18.1. The van der Waals surface area contributed by atoms with Gasteiger partial charge in [0.05, 0.1) is 11.9 Å². The van der Waals surface area contributed by atoms with E-state index in [0.717, 1.165) is 11.1 Å². The van der Waals surface area contributed by atoms with Crippen molar-refractivity contribution in [2.24, 2.45) is 0 Å². The molecule has 0 aliphatic rings. The predicted molar refractivity (Wildman–Crippen MR) is 95.5 cm³/mol. The van der Waals surface area contributed by atoms with Gasteiger partial charge in [-0.05, 0) is 31.0 Å². The van der Waals surface area contributed by atoms with Crippen LogP contribution in [0, 0.1) is 6.92 Å². The van der Waals surface area contributed by atoms with Crippen molar-refractivity contribution < 1.29 is 14.3 Å². The number of carbonyl (C=O) groups excluding carboxylic acids is 2. The Hall–Kier alpha value is -3.09. The fourth-order valence-electron chi connectivity index (χ4n) is 2.07. The summed E-state index contributed by atoms with van der Waals surface area (Å²) >= 11 is 0. The van der Waals surface area contributed by atoms with Crippen LogP contribution in [-0.2, 0) is 11.3 Å². The fourth-order valence-corrected chi connectivity index (χ4v) is 2.07. The van der Waals surface area contributed by atoms with E-state index in [4.69, 9.17) is 4.74 Å². The molecule has 0 atom stereocenters. The first kappa shape index (κ1) is 18.3. The van der Waals surface area contributed by atoms with E-state index in [1.54, 1.807) is 12.1 Å². The van der Waals surface area contributed by atoms with E-state index in [1.165, 1.54) is 6.20 Å². The van der Waals surface area contributed by atoms with E-state index < -0.39 is 0 Å². The molecule has 25 heavy (non-hydrogen) atoms. The third kappa shape index (κ3) is 6.14. The molecule has 2 rings (SSSR count). The van der Waals surface area contributed by atoms with Gasteiger partial charge in [0.25, 0.3) is 5.91 Å². The largest absolute Gasteiger partial charge is 0.468 e. The number of anilines is 1. The Morgan fingerprint density at radius 2 is 1.92 bits per heavy atom. The summed E-state index contributed by atoms with van der Waals surface area (Å²) < 4.78 is 5.34. The quantitative estimate of drug-likeness (QED) is 0.719. The molecule has 0 spiro atoms. The first-order chi connectivity index (χ1) is 12.1. The lowest BCUT2D eigenvalue weighted by atomic mass is 10.1. The molecule has 0 unspecified atom stereocenters. The van der Waals surface area contributed by atoms with Gasteiger partial charge in [0, 0.05) is 19.2 Å². The average Bonchev–Trinajstić information content (AvgIpc) is 2.60. The monoisotopic (exact) mass is 342 g/mol. The molecule has 1 aromatic heterocycles. The van der Waals surface area contributed by atoms with Crippen molar-refractivity contribution in [2.45, 2.75) is 20.4 Å². The van der Waals surface area contributed by atoms with Gasteiger partial charge in [-0.25, -0.2) is 9.78 Å². The summed E-state index contributed by atoms with van der Waals surface area (Å²) in [7, 11) is 0. The van der Waals surface area contributed by atoms with Crippen molar-refractivity contribution in [1.29, 1.82) is 0 Å². The fraction of sp³-hybridized carbons (Fsp3) is 0.278. The number of aromatic nitrogens is 1. The second kappa shape index (κ2) is 9.27. The van der Waals surface area contributed by atoms with Gasteiger partial charge in [-0.2, -0.15) is 0 Å². The number of rotatable bonds is 7. The zero-order valence-corrected chi connectivity index (χ0v) is 14.3. The van der Waals surface area contributed by atoms with Crippen LogP contribution >= 0.6 is 0 Å². The maximum absolute atomic E-state index is 11.9. The molecule has 7 heteroatoms. The Morgan fingerprint density at radius 3 is 2.60 bits per heavy atom. The van der Waals surface area contributed by atoms with Crippen LogP contribution < -0.4 is 20.7 Å². The molecule has 3 amide bonds. The molecule has 0 fully saturated rings. The number of nitrogens with one attached hydrogen (secondary N) is 3. The van der Waals surface area contributed by atoms with Crippen molar-refractivity contribution in [3.05, 3.63) is 53.7 Å². The van der Waals surface area contributed by atoms with Crippen molar-refractivity contribution in [1.82, 2.24) is 15.6 Å². The molecule has 0 radical (unpaired) electrons. The summed E-state index contributed by atoms with van der Waals surface area (Å²) in [4.78, 5) is 27.3. The molecular weight excluding hydrogens is 320 g/mol. The predicted octanol–water partition coefficient (Wildman–Crippen LogP) is 2.23. The van der Waals surface area contributed by atoms with Crippen LogP contribution in [-0.4, -0.2) is 30.1 Å². The van der Waals surface area contributed by atoms with E-state index in [9.17, 15) is 9.59 Å². The van der Waals surface area contributed by atoms with Crippen LogP contribution in [0.15, 0.2) is 42.6 Å². The van der Waals surface area contributed by atoms with E-state index in [-0.39, 0.29) is 18.5 Å². The number of aryl methyl sites for hydroxylation is 1. The number of amides is 3. The molecule has 1 heterocycles. The Kier molecular flexibility index (Phi) is 6.76. The van der Waals surface area contributed by atoms with Crippen molar-refractivity contribution in [3.8, 4) is 5.88 Å².